The number of aromatic nitrogens is 1. The zero-order chi connectivity index (χ0) is 10.8. The van der Waals surface area contributed by atoms with Crippen molar-refractivity contribution in [3.8, 4) is 11.8 Å². The average molecular weight is 198 g/mol. The Kier molecular flexibility index (Phi) is 2.26. The molecule has 0 saturated heterocycles. The lowest BCUT2D eigenvalue weighted by Gasteiger charge is -2.06. The van der Waals surface area contributed by atoms with Gasteiger partial charge in [0, 0.05) is 5.39 Å². The smallest absolute Gasteiger partial charge is 0.145 e. The van der Waals surface area contributed by atoms with E-state index in [2.05, 4.69) is 4.98 Å². The molecule has 0 aliphatic heterocycles. The number of aryl methyl sites for hydroxylation is 1. The molecular formula is C12H10N2O. The summed E-state index contributed by atoms with van der Waals surface area (Å²) in [5.41, 5.74) is 2.28. The van der Waals surface area contributed by atoms with Gasteiger partial charge in [0.15, 0.2) is 0 Å². The number of fused-ring (bicyclic) bond motifs is 1. The molecule has 0 aliphatic rings. The Morgan fingerprint density at radius 1 is 1.27 bits per heavy atom. The topological polar surface area (TPSA) is 45.9 Å². The van der Waals surface area contributed by atoms with E-state index in [0.29, 0.717) is 11.4 Å². The van der Waals surface area contributed by atoms with Crippen LogP contribution >= 0.6 is 0 Å². The number of nitriles is 1. The van der Waals surface area contributed by atoms with Crippen molar-refractivity contribution >= 4 is 10.9 Å². The first kappa shape index (κ1) is 9.47. The van der Waals surface area contributed by atoms with Crippen LogP contribution in [0.4, 0.5) is 0 Å². The summed E-state index contributed by atoms with van der Waals surface area (Å²) in [7, 11) is 1.60. The van der Waals surface area contributed by atoms with Crippen LogP contribution in [0.25, 0.3) is 10.9 Å². The van der Waals surface area contributed by atoms with Gasteiger partial charge in [-0.3, -0.25) is 0 Å². The predicted octanol–water partition coefficient (Wildman–Crippen LogP) is 2.42. The maximum atomic E-state index is 8.78. The van der Waals surface area contributed by atoms with Gasteiger partial charge < -0.3 is 4.74 Å². The van der Waals surface area contributed by atoms with Crippen LogP contribution in [0.2, 0.25) is 0 Å². The van der Waals surface area contributed by atoms with Gasteiger partial charge >= 0.3 is 0 Å². The lowest BCUT2D eigenvalue weighted by molar-refractivity contribution is 0.419. The highest BCUT2D eigenvalue weighted by atomic mass is 16.5. The minimum atomic E-state index is 0.409. The van der Waals surface area contributed by atoms with E-state index >= 15 is 0 Å². The standard InChI is InChI=1S/C12H10N2O/c1-8-3-6-11(15-2)12-10(8)5-4-9(7-13)14-12/h3-6H,1-2H3. The van der Waals surface area contributed by atoms with Crippen LogP contribution in [-0.2, 0) is 0 Å². The molecule has 1 aromatic heterocycles. The normalized spacial score (nSPS) is 9.93. The molecule has 0 radical (unpaired) electrons. The molecule has 0 atom stereocenters. The molecule has 3 nitrogen and oxygen atoms in total. The van der Waals surface area contributed by atoms with Crippen molar-refractivity contribution < 1.29 is 4.74 Å². The first-order valence-electron chi connectivity index (χ1n) is 4.60. The molecular weight excluding hydrogens is 188 g/mol. The van der Waals surface area contributed by atoms with Gasteiger partial charge in [-0.1, -0.05) is 6.07 Å². The maximum absolute atomic E-state index is 8.78. The van der Waals surface area contributed by atoms with E-state index in [-0.39, 0.29) is 0 Å². The quantitative estimate of drug-likeness (QED) is 0.706. The SMILES string of the molecule is COc1ccc(C)c2ccc(C#N)nc12. The molecule has 1 heterocycles. The Balaban J connectivity index is 2.84. The van der Waals surface area contributed by atoms with Gasteiger partial charge in [-0.15, -0.1) is 0 Å². The summed E-state index contributed by atoms with van der Waals surface area (Å²) in [6.07, 6.45) is 0. The summed E-state index contributed by atoms with van der Waals surface area (Å²) < 4.78 is 5.21. The average Bonchev–Trinajstić information content (AvgIpc) is 2.29. The number of ether oxygens (including phenoxy) is 1. The summed E-state index contributed by atoms with van der Waals surface area (Å²) >= 11 is 0. The van der Waals surface area contributed by atoms with Crippen molar-refractivity contribution in [2.24, 2.45) is 0 Å². The van der Waals surface area contributed by atoms with Crippen molar-refractivity contribution in [1.29, 1.82) is 5.26 Å². The van der Waals surface area contributed by atoms with Crippen LogP contribution in [0, 0.1) is 18.3 Å². The maximum Gasteiger partial charge on any atom is 0.145 e. The zero-order valence-electron chi connectivity index (χ0n) is 8.61. The van der Waals surface area contributed by atoms with Crippen molar-refractivity contribution in [3.63, 3.8) is 0 Å². The number of rotatable bonds is 1. The number of benzene rings is 1. The summed E-state index contributed by atoms with van der Waals surface area (Å²) in [5, 5.41) is 9.80. The second-order valence-electron chi connectivity index (χ2n) is 3.29. The third-order valence-electron chi connectivity index (χ3n) is 2.37. The molecule has 0 aliphatic carbocycles. The van der Waals surface area contributed by atoms with Crippen molar-refractivity contribution in [2.75, 3.05) is 7.11 Å². The number of pyridine rings is 1. The number of methoxy groups -OCH3 is 1. The van der Waals surface area contributed by atoms with Crippen molar-refractivity contribution in [1.82, 2.24) is 4.98 Å². The lowest BCUT2D eigenvalue weighted by Crippen LogP contribution is -1.91. The molecule has 0 saturated carbocycles. The molecule has 0 fully saturated rings. The molecule has 0 amide bonds. The van der Waals surface area contributed by atoms with Crippen LogP contribution in [-0.4, -0.2) is 12.1 Å². The second kappa shape index (κ2) is 3.58. The monoisotopic (exact) mass is 198 g/mol. The fraction of sp³-hybridized carbons (Fsp3) is 0.167. The first-order chi connectivity index (χ1) is 7.26. The summed E-state index contributed by atoms with van der Waals surface area (Å²) in [6, 6.07) is 9.49. The van der Waals surface area contributed by atoms with E-state index in [4.69, 9.17) is 10.00 Å². The summed E-state index contributed by atoms with van der Waals surface area (Å²) in [5.74, 6) is 0.702. The van der Waals surface area contributed by atoms with Crippen LogP contribution in [0.3, 0.4) is 0 Å². The van der Waals surface area contributed by atoms with E-state index in [1.54, 1.807) is 13.2 Å². The summed E-state index contributed by atoms with van der Waals surface area (Å²) in [4.78, 5) is 4.24. The van der Waals surface area contributed by atoms with Gasteiger partial charge in [0.1, 0.15) is 23.0 Å². The highest BCUT2D eigenvalue weighted by Crippen LogP contribution is 2.26. The third kappa shape index (κ3) is 1.50. The fourth-order valence-electron chi connectivity index (χ4n) is 1.56. The Hall–Kier alpha value is -2.08. The first-order valence-corrected chi connectivity index (χ1v) is 4.60. The Morgan fingerprint density at radius 2 is 2.07 bits per heavy atom. The minimum absolute atomic E-state index is 0.409. The molecule has 3 heteroatoms. The number of hydrogen-bond acceptors (Lipinski definition) is 3. The molecule has 0 N–H and O–H groups in total. The predicted molar refractivity (Wildman–Crippen MR) is 57.7 cm³/mol. The van der Waals surface area contributed by atoms with Crippen molar-refractivity contribution in [3.05, 3.63) is 35.5 Å². The number of hydrogen-bond donors (Lipinski definition) is 0. The lowest BCUT2D eigenvalue weighted by atomic mass is 10.1. The van der Waals surface area contributed by atoms with E-state index in [0.717, 1.165) is 16.5 Å². The van der Waals surface area contributed by atoms with Gasteiger partial charge in [-0.25, -0.2) is 4.98 Å². The van der Waals surface area contributed by atoms with Crippen LogP contribution < -0.4 is 4.74 Å². The molecule has 0 unspecified atom stereocenters. The minimum Gasteiger partial charge on any atom is -0.494 e. The Bertz CT molecular complexity index is 555. The van der Waals surface area contributed by atoms with Gasteiger partial charge in [0.2, 0.25) is 0 Å². The van der Waals surface area contributed by atoms with Gasteiger partial charge in [-0.05, 0) is 30.7 Å². The van der Waals surface area contributed by atoms with Gasteiger partial charge in [0.25, 0.3) is 0 Å². The van der Waals surface area contributed by atoms with E-state index < -0.39 is 0 Å². The van der Waals surface area contributed by atoms with Crippen LogP contribution in [0.1, 0.15) is 11.3 Å². The molecule has 0 bridgehead atoms. The molecule has 15 heavy (non-hydrogen) atoms. The molecule has 74 valence electrons. The van der Waals surface area contributed by atoms with E-state index in [9.17, 15) is 0 Å². The third-order valence-corrected chi connectivity index (χ3v) is 2.37. The van der Waals surface area contributed by atoms with E-state index in [1.807, 2.05) is 31.2 Å². The number of nitrogens with zero attached hydrogens (tertiary/aromatic N) is 2. The Morgan fingerprint density at radius 3 is 2.73 bits per heavy atom. The van der Waals surface area contributed by atoms with Crippen LogP contribution in [0.15, 0.2) is 24.3 Å². The van der Waals surface area contributed by atoms with Gasteiger partial charge in [-0.2, -0.15) is 5.26 Å². The highest BCUT2D eigenvalue weighted by molar-refractivity contribution is 5.87. The Labute approximate surface area is 87.9 Å². The van der Waals surface area contributed by atoms with E-state index in [1.165, 1.54) is 0 Å². The van der Waals surface area contributed by atoms with Crippen molar-refractivity contribution in [2.45, 2.75) is 6.92 Å². The molecule has 0 spiro atoms. The molecule has 1 aromatic carbocycles. The van der Waals surface area contributed by atoms with Gasteiger partial charge in [0.05, 0.1) is 7.11 Å². The summed E-state index contributed by atoms with van der Waals surface area (Å²) in [6.45, 7) is 2.01. The van der Waals surface area contributed by atoms with Crippen LogP contribution in [0.5, 0.6) is 5.75 Å². The zero-order valence-corrected chi connectivity index (χ0v) is 8.61. The largest absolute Gasteiger partial charge is 0.494 e. The second-order valence-corrected chi connectivity index (χ2v) is 3.29. The fourth-order valence-corrected chi connectivity index (χ4v) is 1.56. The molecule has 2 rings (SSSR count). The molecule has 2 aromatic rings. The highest BCUT2D eigenvalue weighted by Gasteiger charge is 2.06.